The highest BCUT2D eigenvalue weighted by molar-refractivity contribution is 6.31. The Morgan fingerprint density at radius 2 is 2.21 bits per heavy atom. The second-order valence-corrected chi connectivity index (χ2v) is 3.53. The lowest BCUT2D eigenvalue weighted by atomic mass is 10.1. The van der Waals surface area contributed by atoms with Crippen LogP contribution in [0.2, 0.25) is 5.02 Å². The Kier molecular flexibility index (Phi) is 4.52. The van der Waals surface area contributed by atoms with E-state index in [0.717, 1.165) is 29.1 Å². The molecule has 0 aliphatic rings. The third kappa shape index (κ3) is 3.41. The fourth-order valence-corrected chi connectivity index (χ4v) is 1.20. The van der Waals surface area contributed by atoms with Gasteiger partial charge in [-0.2, -0.15) is 0 Å². The van der Waals surface area contributed by atoms with Crippen molar-refractivity contribution in [3.63, 3.8) is 0 Å². The molecule has 0 saturated heterocycles. The van der Waals surface area contributed by atoms with Gasteiger partial charge in [0, 0.05) is 23.6 Å². The molecule has 0 radical (unpaired) electrons. The van der Waals surface area contributed by atoms with E-state index in [0.29, 0.717) is 0 Å². The Morgan fingerprint density at radius 3 is 2.86 bits per heavy atom. The molecule has 0 bridgehead atoms. The van der Waals surface area contributed by atoms with Gasteiger partial charge in [-0.05, 0) is 31.7 Å². The van der Waals surface area contributed by atoms with E-state index in [1.165, 1.54) is 0 Å². The Morgan fingerprint density at radius 1 is 1.43 bits per heavy atom. The molecule has 1 rings (SSSR count). The largest absolute Gasteiger partial charge is 0.319 e. The van der Waals surface area contributed by atoms with Crippen LogP contribution in [0.4, 0.5) is 0 Å². The van der Waals surface area contributed by atoms with E-state index in [1.54, 1.807) is 0 Å². The first-order chi connectivity index (χ1) is 6.74. The van der Waals surface area contributed by atoms with Gasteiger partial charge in [-0.25, -0.2) is 0 Å². The van der Waals surface area contributed by atoms with Crippen LogP contribution < -0.4 is 5.32 Å². The predicted molar refractivity (Wildman–Crippen MR) is 61.6 cm³/mol. The normalized spacial score (nSPS) is 9.36. The molecule has 0 spiro atoms. The van der Waals surface area contributed by atoms with Gasteiger partial charge in [-0.3, -0.25) is 0 Å². The summed E-state index contributed by atoms with van der Waals surface area (Å²) in [5.74, 6) is 6.15. The third-order valence-corrected chi connectivity index (χ3v) is 2.31. The van der Waals surface area contributed by atoms with Gasteiger partial charge < -0.3 is 5.32 Å². The molecular weight excluding hydrogens is 194 g/mol. The highest BCUT2D eigenvalue weighted by Gasteiger charge is 1.94. The fourth-order valence-electron chi connectivity index (χ4n) is 1.02. The molecule has 1 aromatic carbocycles. The van der Waals surface area contributed by atoms with Gasteiger partial charge >= 0.3 is 0 Å². The van der Waals surface area contributed by atoms with E-state index in [4.69, 9.17) is 11.6 Å². The summed E-state index contributed by atoms with van der Waals surface area (Å²) in [6, 6.07) is 5.89. The average molecular weight is 208 g/mol. The zero-order chi connectivity index (χ0) is 10.4. The molecule has 0 unspecified atom stereocenters. The second-order valence-electron chi connectivity index (χ2n) is 3.12. The van der Waals surface area contributed by atoms with E-state index < -0.39 is 0 Å². The number of aryl methyl sites for hydroxylation is 1. The van der Waals surface area contributed by atoms with Crippen LogP contribution >= 0.6 is 11.6 Å². The Hall–Kier alpha value is -0.970. The van der Waals surface area contributed by atoms with Crippen LogP contribution in [-0.2, 0) is 0 Å². The summed E-state index contributed by atoms with van der Waals surface area (Å²) >= 11 is 5.97. The zero-order valence-electron chi connectivity index (χ0n) is 8.52. The Labute approximate surface area is 90.5 Å². The molecule has 74 valence electrons. The van der Waals surface area contributed by atoms with Crippen LogP contribution in [0.3, 0.4) is 0 Å². The Bertz CT molecular complexity index is 360. The minimum Gasteiger partial charge on any atom is -0.319 e. The van der Waals surface area contributed by atoms with E-state index >= 15 is 0 Å². The second kappa shape index (κ2) is 5.70. The zero-order valence-corrected chi connectivity index (χ0v) is 9.28. The molecular formula is C12H14ClN. The maximum Gasteiger partial charge on any atom is 0.0447 e. The monoisotopic (exact) mass is 207 g/mol. The van der Waals surface area contributed by atoms with Crippen LogP contribution in [-0.4, -0.2) is 13.6 Å². The lowest BCUT2D eigenvalue weighted by Crippen LogP contribution is -2.05. The summed E-state index contributed by atoms with van der Waals surface area (Å²) in [7, 11) is 1.92. The number of hydrogen-bond acceptors (Lipinski definition) is 1. The van der Waals surface area contributed by atoms with E-state index in [2.05, 4.69) is 17.2 Å². The predicted octanol–water partition coefficient (Wildman–Crippen LogP) is 2.61. The molecule has 14 heavy (non-hydrogen) atoms. The molecule has 1 nitrogen and oxygen atoms in total. The van der Waals surface area contributed by atoms with Crippen molar-refractivity contribution in [2.45, 2.75) is 13.3 Å². The highest BCUT2D eigenvalue weighted by atomic mass is 35.5. The van der Waals surface area contributed by atoms with Gasteiger partial charge in [0.1, 0.15) is 0 Å². The number of benzene rings is 1. The summed E-state index contributed by atoms with van der Waals surface area (Å²) in [5.41, 5.74) is 2.07. The number of rotatable bonds is 2. The molecule has 1 N–H and O–H groups in total. The lowest BCUT2D eigenvalue weighted by molar-refractivity contribution is 0.818. The molecule has 0 aliphatic carbocycles. The molecule has 0 fully saturated rings. The Balaban J connectivity index is 2.66. The van der Waals surface area contributed by atoms with Gasteiger partial charge in [-0.1, -0.05) is 29.5 Å². The van der Waals surface area contributed by atoms with Gasteiger partial charge in [0.25, 0.3) is 0 Å². The quantitative estimate of drug-likeness (QED) is 0.581. The van der Waals surface area contributed by atoms with Gasteiger partial charge in [0.2, 0.25) is 0 Å². The summed E-state index contributed by atoms with van der Waals surface area (Å²) < 4.78 is 0. The summed E-state index contributed by atoms with van der Waals surface area (Å²) in [6.45, 7) is 2.91. The maximum atomic E-state index is 5.97. The lowest BCUT2D eigenvalue weighted by Gasteiger charge is -1.96. The van der Waals surface area contributed by atoms with Crippen molar-refractivity contribution in [1.29, 1.82) is 0 Å². The van der Waals surface area contributed by atoms with Gasteiger partial charge in [-0.15, -0.1) is 0 Å². The molecule has 0 saturated carbocycles. The van der Waals surface area contributed by atoms with E-state index in [-0.39, 0.29) is 0 Å². The first-order valence-electron chi connectivity index (χ1n) is 4.63. The van der Waals surface area contributed by atoms with Crippen molar-refractivity contribution in [3.8, 4) is 11.8 Å². The van der Waals surface area contributed by atoms with Crippen molar-refractivity contribution in [1.82, 2.24) is 5.32 Å². The van der Waals surface area contributed by atoms with Gasteiger partial charge in [0.15, 0.2) is 0 Å². The first-order valence-corrected chi connectivity index (χ1v) is 5.01. The standard InChI is InChI=1S/C12H14ClN/c1-10-6-7-11(9-12(10)13)5-3-4-8-14-2/h6-7,9,14H,4,8H2,1-2H3. The average Bonchev–Trinajstić information content (AvgIpc) is 2.18. The SMILES string of the molecule is CNCCC#Cc1ccc(C)c(Cl)c1. The molecule has 2 heteroatoms. The van der Waals surface area contributed by atoms with Crippen molar-refractivity contribution in [2.24, 2.45) is 0 Å². The minimum absolute atomic E-state index is 0.783. The van der Waals surface area contributed by atoms with Crippen LogP contribution in [0.15, 0.2) is 18.2 Å². The van der Waals surface area contributed by atoms with Crippen molar-refractivity contribution >= 4 is 11.6 Å². The van der Waals surface area contributed by atoms with Gasteiger partial charge in [0.05, 0.1) is 0 Å². The highest BCUT2D eigenvalue weighted by Crippen LogP contribution is 2.15. The summed E-state index contributed by atoms with van der Waals surface area (Å²) in [5, 5.41) is 3.83. The molecule has 1 aromatic rings. The van der Waals surface area contributed by atoms with Crippen molar-refractivity contribution < 1.29 is 0 Å². The number of nitrogens with one attached hydrogen (secondary N) is 1. The molecule has 0 amide bonds. The van der Waals surface area contributed by atoms with E-state index in [1.807, 2.05) is 32.2 Å². The maximum absolute atomic E-state index is 5.97. The minimum atomic E-state index is 0.783. The summed E-state index contributed by atoms with van der Waals surface area (Å²) in [4.78, 5) is 0. The first kappa shape index (κ1) is 11.1. The third-order valence-electron chi connectivity index (χ3n) is 1.90. The van der Waals surface area contributed by atoms with Crippen molar-refractivity contribution in [2.75, 3.05) is 13.6 Å². The summed E-state index contributed by atoms with van der Waals surface area (Å²) in [6.07, 6.45) is 0.863. The number of halogens is 1. The van der Waals surface area contributed by atoms with Crippen molar-refractivity contribution in [3.05, 3.63) is 34.3 Å². The van der Waals surface area contributed by atoms with Crippen LogP contribution in [0.5, 0.6) is 0 Å². The molecule has 0 aliphatic heterocycles. The molecule has 0 heterocycles. The topological polar surface area (TPSA) is 12.0 Å². The smallest absolute Gasteiger partial charge is 0.0447 e. The number of hydrogen-bond donors (Lipinski definition) is 1. The van der Waals surface area contributed by atoms with Crippen LogP contribution in [0.25, 0.3) is 0 Å². The van der Waals surface area contributed by atoms with Crippen LogP contribution in [0, 0.1) is 18.8 Å². The molecule has 0 aromatic heterocycles. The fraction of sp³-hybridized carbons (Fsp3) is 0.333. The van der Waals surface area contributed by atoms with E-state index in [9.17, 15) is 0 Å². The van der Waals surface area contributed by atoms with Crippen LogP contribution in [0.1, 0.15) is 17.5 Å². The molecule has 0 atom stereocenters.